The van der Waals surface area contributed by atoms with Crippen LogP contribution in [0.25, 0.3) is 0 Å². The topological polar surface area (TPSA) is 151 Å². The minimum atomic E-state index is -2.36. The van der Waals surface area contributed by atoms with Crippen LogP contribution in [0, 0.1) is 0 Å². The van der Waals surface area contributed by atoms with Gasteiger partial charge in [0.25, 0.3) is 11.8 Å². The second-order valence-electron chi connectivity index (χ2n) is 9.05. The lowest BCUT2D eigenvalue weighted by Crippen LogP contribution is -2.49. The zero-order chi connectivity index (χ0) is 32.6. The lowest BCUT2D eigenvalue weighted by atomic mass is 10.0. The summed E-state index contributed by atoms with van der Waals surface area (Å²) in [6.07, 6.45) is -4.95. The fraction of sp³-hybridized carbons (Fsp3) is 0.310. The highest BCUT2D eigenvalue weighted by atomic mass is 16.2. The number of nitrogens with two attached hydrogens (primary N) is 2. The maximum atomic E-state index is 12.5. The van der Waals surface area contributed by atoms with Gasteiger partial charge in [0.1, 0.15) is 12.0 Å². The Morgan fingerprint density at radius 1 is 0.769 bits per heavy atom. The number of benzene rings is 2. The number of hydrogen-bond donors (Lipinski definition) is 4. The Kier molecular flexibility index (Phi) is 5.56. The van der Waals surface area contributed by atoms with E-state index in [1.807, 2.05) is 0 Å². The standard InChI is InChI=1S/2C14H15N3O2.CH4/c2*1-8-5-6-12(13(18)16-8)17-7-10-9(14(17)19)3-2-4-11(10)15;/h2*2-4,12H,1,5-7,15H2,(H,16,18);1H4/t12-;;/m1../s1/i2*6D2,12D;. The average molecular weight is 537 g/mol. The minimum absolute atomic E-state index is 0. The lowest BCUT2D eigenvalue weighted by Gasteiger charge is -2.30. The zero-order valence-electron chi connectivity index (χ0n) is 26.4. The normalized spacial score (nSPS) is 30.5. The van der Waals surface area contributed by atoms with Gasteiger partial charge in [-0.1, -0.05) is 32.7 Å². The van der Waals surface area contributed by atoms with E-state index in [0.717, 1.165) is 9.80 Å². The number of anilines is 2. The minimum Gasteiger partial charge on any atom is -0.398 e. The van der Waals surface area contributed by atoms with Gasteiger partial charge in [0, 0.05) is 63.6 Å². The van der Waals surface area contributed by atoms with E-state index in [-0.39, 0.29) is 44.8 Å². The molecule has 4 heterocycles. The highest BCUT2D eigenvalue weighted by Crippen LogP contribution is 2.32. The van der Waals surface area contributed by atoms with Gasteiger partial charge in [-0.2, -0.15) is 0 Å². The van der Waals surface area contributed by atoms with Crippen LogP contribution in [0.3, 0.4) is 0 Å². The summed E-state index contributed by atoms with van der Waals surface area (Å²) in [5.74, 6) is -2.92. The lowest BCUT2D eigenvalue weighted by molar-refractivity contribution is -0.127. The second kappa shape index (κ2) is 10.6. The van der Waals surface area contributed by atoms with Crippen molar-refractivity contribution < 1.29 is 27.4 Å². The van der Waals surface area contributed by atoms with E-state index in [0.29, 0.717) is 33.6 Å². The molecule has 10 heteroatoms. The molecule has 0 aromatic heterocycles. The first kappa shape index (κ1) is 20.4. The number of amides is 4. The number of carbonyl (C=O) groups excluding carboxylic acids is 4. The van der Waals surface area contributed by atoms with Gasteiger partial charge >= 0.3 is 0 Å². The van der Waals surface area contributed by atoms with E-state index < -0.39 is 48.4 Å². The van der Waals surface area contributed by atoms with E-state index in [1.54, 1.807) is 36.4 Å². The number of nitrogen functional groups attached to an aromatic ring is 2. The highest BCUT2D eigenvalue weighted by molar-refractivity contribution is 6.03. The molecular formula is C29H34N6O4. The molecule has 4 amide bonds. The molecule has 0 saturated carbocycles. The van der Waals surface area contributed by atoms with Gasteiger partial charge in [-0.3, -0.25) is 19.2 Å². The quantitative estimate of drug-likeness (QED) is 0.433. The molecule has 39 heavy (non-hydrogen) atoms. The van der Waals surface area contributed by atoms with Crippen LogP contribution in [0.15, 0.2) is 61.0 Å². The Bertz CT molecular complexity index is 1560. The van der Waals surface area contributed by atoms with Crippen molar-refractivity contribution in [3.8, 4) is 0 Å². The summed E-state index contributed by atoms with van der Waals surface area (Å²) in [7, 11) is 0. The Morgan fingerprint density at radius 2 is 1.15 bits per heavy atom. The molecule has 4 aliphatic rings. The second-order valence-corrected chi connectivity index (χ2v) is 9.05. The molecule has 0 radical (unpaired) electrons. The molecular weight excluding hydrogens is 496 g/mol. The van der Waals surface area contributed by atoms with Crippen molar-refractivity contribution >= 4 is 35.0 Å². The molecule has 204 valence electrons. The van der Waals surface area contributed by atoms with Crippen LogP contribution < -0.4 is 22.1 Å². The molecule has 0 spiro atoms. The van der Waals surface area contributed by atoms with E-state index in [4.69, 9.17) is 19.7 Å². The average Bonchev–Trinajstić information content (AvgIpc) is 3.44. The summed E-state index contributed by atoms with van der Waals surface area (Å²) in [6.45, 7) is 6.96. The Labute approximate surface area is 236 Å². The fourth-order valence-corrected chi connectivity index (χ4v) is 4.58. The Hall–Kier alpha value is -4.60. The van der Waals surface area contributed by atoms with Gasteiger partial charge in [0.2, 0.25) is 11.8 Å². The number of hydrogen-bond acceptors (Lipinski definition) is 6. The molecule has 0 aliphatic carbocycles. The van der Waals surface area contributed by atoms with Gasteiger partial charge < -0.3 is 31.9 Å². The molecule has 6 rings (SSSR count). The van der Waals surface area contributed by atoms with Gasteiger partial charge in [-0.25, -0.2) is 0 Å². The van der Waals surface area contributed by atoms with Crippen LogP contribution in [0.4, 0.5) is 11.4 Å². The van der Waals surface area contributed by atoms with Crippen molar-refractivity contribution in [2.24, 2.45) is 0 Å². The van der Waals surface area contributed by atoms with Crippen molar-refractivity contribution in [2.45, 2.75) is 58.1 Å². The molecule has 1 unspecified atom stereocenters. The fourth-order valence-electron chi connectivity index (χ4n) is 4.58. The van der Waals surface area contributed by atoms with Gasteiger partial charge in [-0.05, 0) is 49.9 Å². The van der Waals surface area contributed by atoms with Crippen molar-refractivity contribution in [2.75, 3.05) is 11.5 Å². The van der Waals surface area contributed by atoms with E-state index in [9.17, 15) is 19.2 Å². The predicted molar refractivity (Wildman–Crippen MR) is 149 cm³/mol. The molecule has 0 bridgehead atoms. The number of nitrogens with zero attached hydrogens (tertiary/aromatic N) is 2. The number of fused-ring (bicyclic) bond motifs is 2. The summed E-state index contributed by atoms with van der Waals surface area (Å²) in [5, 5.41) is 4.76. The van der Waals surface area contributed by atoms with Crippen molar-refractivity contribution in [3.63, 3.8) is 0 Å². The highest BCUT2D eigenvalue weighted by Gasteiger charge is 2.39. The SMILES string of the molecule is C.[2H]C1([2H])CC(=C)NC(=O)C1([2H])N1Cc2c(N)cccc2C1=O.[2H]C1([2H])CC(=C)NC(=O)[C@]1([2H])N1Cc2c(N)cccc2C1=O. The smallest absolute Gasteiger partial charge is 0.255 e. The molecule has 6 N–H and O–H groups in total. The van der Waals surface area contributed by atoms with Crippen molar-refractivity contribution in [1.29, 1.82) is 0 Å². The number of carbonyl (C=O) groups is 4. The maximum Gasteiger partial charge on any atom is 0.255 e. The predicted octanol–water partition coefficient (Wildman–Crippen LogP) is 2.67. The molecule has 10 nitrogen and oxygen atoms in total. The van der Waals surface area contributed by atoms with E-state index in [2.05, 4.69) is 23.8 Å². The van der Waals surface area contributed by atoms with Crippen LogP contribution in [-0.2, 0) is 22.7 Å². The van der Waals surface area contributed by atoms with Gasteiger partial charge in [0.05, 0.1) is 2.74 Å². The van der Waals surface area contributed by atoms with Gasteiger partial charge in [-0.15, -0.1) is 0 Å². The Balaban J connectivity index is 0.000000200. The Morgan fingerprint density at radius 3 is 1.49 bits per heavy atom. The number of rotatable bonds is 2. The number of piperidine rings is 2. The summed E-state index contributed by atoms with van der Waals surface area (Å²) < 4.78 is 49.2. The monoisotopic (exact) mass is 536 g/mol. The molecule has 4 aliphatic heterocycles. The van der Waals surface area contributed by atoms with E-state index >= 15 is 0 Å². The van der Waals surface area contributed by atoms with Crippen molar-refractivity contribution in [3.05, 3.63) is 83.2 Å². The summed E-state index contributed by atoms with van der Waals surface area (Å²) >= 11 is 0. The summed E-state index contributed by atoms with van der Waals surface area (Å²) in [4.78, 5) is 51.6. The third-order valence-electron chi connectivity index (χ3n) is 6.50. The van der Waals surface area contributed by atoms with Crippen LogP contribution >= 0.6 is 0 Å². The van der Waals surface area contributed by atoms with Crippen LogP contribution in [0.1, 0.15) is 73.1 Å². The largest absolute Gasteiger partial charge is 0.398 e. The first-order valence-electron chi connectivity index (χ1n) is 14.7. The summed E-state index contributed by atoms with van der Waals surface area (Å²) in [6, 6.07) is 4.88. The molecule has 2 aromatic carbocycles. The molecule has 2 atom stereocenters. The van der Waals surface area contributed by atoms with Gasteiger partial charge in [0.15, 0.2) is 0 Å². The van der Waals surface area contributed by atoms with Crippen LogP contribution in [-0.4, -0.2) is 45.5 Å². The maximum absolute atomic E-state index is 12.5. The number of allylic oxidation sites excluding steroid dienone is 2. The zero-order valence-corrected chi connectivity index (χ0v) is 20.4. The third kappa shape index (κ3) is 4.97. The molecule has 2 fully saturated rings. The molecule has 2 aromatic rings. The van der Waals surface area contributed by atoms with Crippen LogP contribution in [0.2, 0.25) is 0 Å². The summed E-state index contributed by atoms with van der Waals surface area (Å²) in [5.41, 5.74) is 14.5. The first-order valence-corrected chi connectivity index (χ1v) is 11.7. The van der Waals surface area contributed by atoms with Crippen molar-refractivity contribution in [1.82, 2.24) is 20.4 Å². The first-order chi connectivity index (χ1) is 20.4. The van der Waals surface area contributed by atoms with E-state index in [1.165, 1.54) is 0 Å². The molecule has 2 saturated heterocycles. The number of nitrogens with one attached hydrogen (secondary N) is 2. The third-order valence-corrected chi connectivity index (χ3v) is 6.50. The van der Waals surface area contributed by atoms with Crippen LogP contribution in [0.5, 0.6) is 0 Å².